The van der Waals surface area contributed by atoms with Crippen LogP contribution in [0.1, 0.15) is 47.3 Å². The molecule has 28 heavy (non-hydrogen) atoms. The van der Waals surface area contributed by atoms with Crippen LogP contribution in [0.5, 0.6) is 11.5 Å². The molecule has 0 saturated carbocycles. The molecular weight excluding hydrogens is 352 g/mol. The van der Waals surface area contributed by atoms with Crippen LogP contribution >= 0.6 is 0 Å². The standard InChI is InChI=1S/C23H26N2O3/c1-23(2)14-25(22(26)18-9-8-15-6-5-7-16(15)12-18)24-21(23)17-10-11-19(27-3)20(13-17)28-4/h8-13H,5-7,14H2,1-4H3. The van der Waals surface area contributed by atoms with Gasteiger partial charge in [-0.05, 0) is 60.7 Å². The van der Waals surface area contributed by atoms with E-state index in [1.54, 1.807) is 19.2 Å². The lowest BCUT2D eigenvalue weighted by molar-refractivity contribution is 0.0753. The van der Waals surface area contributed by atoms with Crippen molar-refractivity contribution < 1.29 is 14.3 Å². The molecule has 0 aromatic heterocycles. The van der Waals surface area contributed by atoms with Crippen molar-refractivity contribution in [1.82, 2.24) is 5.01 Å². The molecule has 0 fully saturated rings. The second-order valence-electron chi connectivity index (χ2n) is 8.10. The summed E-state index contributed by atoms with van der Waals surface area (Å²) in [6.07, 6.45) is 3.34. The van der Waals surface area contributed by atoms with Crippen LogP contribution in [0.25, 0.3) is 0 Å². The lowest BCUT2D eigenvalue weighted by Gasteiger charge is -2.21. The Hall–Kier alpha value is -2.82. The molecule has 0 N–H and O–H groups in total. The lowest BCUT2D eigenvalue weighted by atomic mass is 9.84. The third-order valence-electron chi connectivity index (χ3n) is 5.64. The van der Waals surface area contributed by atoms with Crippen molar-refractivity contribution in [3.63, 3.8) is 0 Å². The van der Waals surface area contributed by atoms with E-state index in [9.17, 15) is 4.79 Å². The van der Waals surface area contributed by atoms with E-state index in [1.165, 1.54) is 17.5 Å². The van der Waals surface area contributed by atoms with Gasteiger partial charge in [0.1, 0.15) is 0 Å². The summed E-state index contributed by atoms with van der Waals surface area (Å²) >= 11 is 0. The van der Waals surface area contributed by atoms with Crippen molar-refractivity contribution in [2.45, 2.75) is 33.1 Å². The highest BCUT2D eigenvalue weighted by Crippen LogP contribution is 2.35. The predicted octanol–water partition coefficient (Wildman–Crippen LogP) is 4.08. The third kappa shape index (κ3) is 3.15. The van der Waals surface area contributed by atoms with Crippen LogP contribution in [0.2, 0.25) is 0 Å². The summed E-state index contributed by atoms with van der Waals surface area (Å²) in [6.45, 7) is 4.77. The Bertz CT molecular complexity index is 962. The summed E-state index contributed by atoms with van der Waals surface area (Å²) in [5, 5.41) is 6.32. The van der Waals surface area contributed by atoms with Gasteiger partial charge in [-0.25, -0.2) is 5.01 Å². The number of hydrogen-bond acceptors (Lipinski definition) is 4. The minimum atomic E-state index is -0.258. The van der Waals surface area contributed by atoms with E-state index in [2.05, 4.69) is 19.9 Å². The molecule has 0 radical (unpaired) electrons. The van der Waals surface area contributed by atoms with E-state index in [4.69, 9.17) is 14.6 Å². The van der Waals surface area contributed by atoms with Gasteiger partial charge in [-0.3, -0.25) is 4.79 Å². The quantitative estimate of drug-likeness (QED) is 0.806. The number of aryl methyl sites for hydroxylation is 2. The number of benzene rings is 2. The van der Waals surface area contributed by atoms with E-state index in [1.807, 2.05) is 30.3 Å². The lowest BCUT2D eigenvalue weighted by Crippen LogP contribution is -2.31. The van der Waals surface area contributed by atoms with E-state index < -0.39 is 0 Å². The van der Waals surface area contributed by atoms with Crippen molar-refractivity contribution in [1.29, 1.82) is 0 Å². The SMILES string of the molecule is COc1ccc(C2=NN(C(=O)c3ccc4c(c3)CCC4)CC2(C)C)cc1OC. The average molecular weight is 378 g/mol. The molecule has 2 aliphatic rings. The molecule has 2 aromatic carbocycles. The van der Waals surface area contributed by atoms with Gasteiger partial charge in [-0.2, -0.15) is 5.10 Å². The zero-order chi connectivity index (χ0) is 19.9. The summed E-state index contributed by atoms with van der Waals surface area (Å²) in [4.78, 5) is 13.1. The fourth-order valence-corrected chi connectivity index (χ4v) is 4.14. The molecule has 1 amide bonds. The number of carbonyl (C=O) groups excluding carboxylic acids is 1. The molecule has 0 bridgehead atoms. The number of methoxy groups -OCH3 is 2. The van der Waals surface area contributed by atoms with Crippen molar-refractivity contribution in [2.75, 3.05) is 20.8 Å². The largest absolute Gasteiger partial charge is 0.493 e. The molecule has 1 heterocycles. The van der Waals surface area contributed by atoms with Crippen molar-refractivity contribution in [3.8, 4) is 11.5 Å². The molecule has 0 unspecified atom stereocenters. The molecule has 4 rings (SSSR count). The number of rotatable bonds is 4. The number of nitrogens with zero attached hydrogens (tertiary/aromatic N) is 2. The normalized spacial score (nSPS) is 17.3. The third-order valence-corrected chi connectivity index (χ3v) is 5.64. The Kier molecular flexibility index (Phi) is 4.61. The van der Waals surface area contributed by atoms with Gasteiger partial charge in [0.2, 0.25) is 0 Å². The molecule has 0 atom stereocenters. The number of fused-ring (bicyclic) bond motifs is 1. The molecule has 5 nitrogen and oxygen atoms in total. The van der Waals surface area contributed by atoms with E-state index in [0.29, 0.717) is 23.6 Å². The summed E-state index contributed by atoms with van der Waals surface area (Å²) in [5.41, 5.74) is 4.94. The monoisotopic (exact) mass is 378 g/mol. The van der Waals surface area contributed by atoms with Crippen LogP contribution in [0.15, 0.2) is 41.5 Å². The van der Waals surface area contributed by atoms with E-state index >= 15 is 0 Å². The Labute approximate surface area is 166 Å². The van der Waals surface area contributed by atoms with Crippen LogP contribution in [0.3, 0.4) is 0 Å². The molecule has 1 aliphatic heterocycles. The number of hydrazone groups is 1. The zero-order valence-corrected chi connectivity index (χ0v) is 16.9. The van der Waals surface area contributed by atoms with Crippen molar-refractivity contribution in [2.24, 2.45) is 10.5 Å². The predicted molar refractivity (Wildman–Crippen MR) is 109 cm³/mol. The van der Waals surface area contributed by atoms with Gasteiger partial charge in [-0.1, -0.05) is 19.9 Å². The second kappa shape index (κ2) is 6.97. The summed E-state index contributed by atoms with van der Waals surface area (Å²) in [5.74, 6) is 1.29. The van der Waals surface area contributed by atoms with Crippen LogP contribution in [0.4, 0.5) is 0 Å². The molecular formula is C23H26N2O3. The fraction of sp³-hybridized carbons (Fsp3) is 0.391. The number of ether oxygens (including phenoxy) is 2. The summed E-state index contributed by atoms with van der Waals surface area (Å²) in [7, 11) is 3.23. The first-order valence-electron chi connectivity index (χ1n) is 9.68. The van der Waals surface area contributed by atoms with E-state index in [-0.39, 0.29) is 11.3 Å². The average Bonchev–Trinajstić information content (AvgIpc) is 3.29. The Morgan fingerprint density at radius 2 is 1.75 bits per heavy atom. The van der Waals surface area contributed by atoms with Gasteiger partial charge in [0, 0.05) is 16.5 Å². The molecule has 146 valence electrons. The molecule has 0 spiro atoms. The Morgan fingerprint density at radius 3 is 2.50 bits per heavy atom. The van der Waals surface area contributed by atoms with Crippen LogP contribution in [-0.4, -0.2) is 37.4 Å². The first-order valence-corrected chi connectivity index (χ1v) is 9.68. The van der Waals surface area contributed by atoms with Crippen LogP contribution in [-0.2, 0) is 12.8 Å². The van der Waals surface area contributed by atoms with Crippen LogP contribution < -0.4 is 9.47 Å². The molecule has 5 heteroatoms. The van der Waals surface area contributed by atoms with Gasteiger partial charge >= 0.3 is 0 Å². The smallest absolute Gasteiger partial charge is 0.274 e. The van der Waals surface area contributed by atoms with E-state index in [0.717, 1.165) is 24.1 Å². The highest BCUT2D eigenvalue weighted by molar-refractivity contribution is 6.08. The maximum absolute atomic E-state index is 13.1. The fourth-order valence-electron chi connectivity index (χ4n) is 4.14. The van der Waals surface area contributed by atoms with Crippen molar-refractivity contribution >= 4 is 11.6 Å². The second-order valence-corrected chi connectivity index (χ2v) is 8.10. The summed E-state index contributed by atoms with van der Waals surface area (Å²) < 4.78 is 10.8. The Morgan fingerprint density at radius 1 is 1.00 bits per heavy atom. The van der Waals surface area contributed by atoms with Gasteiger partial charge < -0.3 is 9.47 Å². The highest BCUT2D eigenvalue weighted by Gasteiger charge is 2.38. The number of hydrogen-bond donors (Lipinski definition) is 0. The summed E-state index contributed by atoms with van der Waals surface area (Å²) in [6, 6.07) is 11.8. The first-order chi connectivity index (χ1) is 13.4. The molecule has 1 aliphatic carbocycles. The maximum Gasteiger partial charge on any atom is 0.274 e. The van der Waals surface area contributed by atoms with Gasteiger partial charge in [-0.15, -0.1) is 0 Å². The minimum absolute atomic E-state index is 0.0433. The molecule has 0 saturated heterocycles. The zero-order valence-electron chi connectivity index (χ0n) is 16.9. The number of carbonyl (C=O) groups is 1. The topological polar surface area (TPSA) is 51.1 Å². The van der Waals surface area contributed by atoms with Gasteiger partial charge in [0.15, 0.2) is 11.5 Å². The molecule has 2 aromatic rings. The number of amides is 1. The van der Waals surface area contributed by atoms with Gasteiger partial charge in [0.05, 0.1) is 26.5 Å². The van der Waals surface area contributed by atoms with Crippen LogP contribution in [0, 0.1) is 5.41 Å². The van der Waals surface area contributed by atoms with Crippen molar-refractivity contribution in [3.05, 3.63) is 58.7 Å². The maximum atomic E-state index is 13.1. The van der Waals surface area contributed by atoms with Gasteiger partial charge in [0.25, 0.3) is 5.91 Å². The Balaban J connectivity index is 1.66. The highest BCUT2D eigenvalue weighted by atomic mass is 16.5. The first kappa shape index (κ1) is 18.5. The minimum Gasteiger partial charge on any atom is -0.493 e.